The maximum Gasteiger partial charge on any atom is 0.312 e. The molecule has 1 saturated heterocycles. The van der Waals surface area contributed by atoms with E-state index in [1.54, 1.807) is 4.90 Å². The molecular formula is C23H40N2O4. The standard InChI is InChI=1S/C23H40N2O4/c1-17(2)19(21(27)29-22(3,4)5)16-28-18-11-14-25(15-12-18)20(26)10-13-23(6,7)24(8)9/h17-19H,11-12,14-16H2,1-9H3. The number of likely N-dealkylation sites (tertiary alicyclic amines) is 1. The van der Waals surface area contributed by atoms with Crippen LogP contribution >= 0.6 is 0 Å². The van der Waals surface area contributed by atoms with Crippen molar-refractivity contribution in [2.75, 3.05) is 33.8 Å². The molecule has 0 N–H and O–H groups in total. The monoisotopic (exact) mass is 408 g/mol. The summed E-state index contributed by atoms with van der Waals surface area (Å²) >= 11 is 0. The molecule has 1 atom stereocenters. The molecule has 0 spiro atoms. The van der Waals surface area contributed by atoms with Gasteiger partial charge in [-0.15, -0.1) is 0 Å². The van der Waals surface area contributed by atoms with Gasteiger partial charge >= 0.3 is 5.97 Å². The third-order valence-electron chi connectivity index (χ3n) is 5.35. The summed E-state index contributed by atoms with van der Waals surface area (Å²) < 4.78 is 11.6. The van der Waals surface area contributed by atoms with Gasteiger partial charge in [0, 0.05) is 13.1 Å². The van der Waals surface area contributed by atoms with E-state index in [9.17, 15) is 9.59 Å². The number of esters is 1. The van der Waals surface area contributed by atoms with Gasteiger partial charge in [0.25, 0.3) is 5.91 Å². The molecule has 0 aromatic carbocycles. The van der Waals surface area contributed by atoms with Crippen LogP contribution in [0.3, 0.4) is 0 Å². The molecule has 29 heavy (non-hydrogen) atoms. The van der Waals surface area contributed by atoms with Crippen molar-refractivity contribution in [3.8, 4) is 11.8 Å². The van der Waals surface area contributed by atoms with Crippen LogP contribution in [0.2, 0.25) is 0 Å². The summed E-state index contributed by atoms with van der Waals surface area (Å²) in [4.78, 5) is 28.6. The summed E-state index contributed by atoms with van der Waals surface area (Å²) in [5, 5.41) is 0. The maximum atomic E-state index is 12.4. The molecule has 0 aromatic heterocycles. The first kappa shape index (κ1) is 25.5. The van der Waals surface area contributed by atoms with E-state index < -0.39 is 5.60 Å². The smallest absolute Gasteiger partial charge is 0.312 e. The molecule has 0 radical (unpaired) electrons. The number of carbonyl (C=O) groups is 2. The van der Waals surface area contributed by atoms with E-state index >= 15 is 0 Å². The second-order valence-corrected chi connectivity index (χ2v) is 9.91. The average molecular weight is 409 g/mol. The summed E-state index contributed by atoms with van der Waals surface area (Å²) in [5.41, 5.74) is -0.845. The van der Waals surface area contributed by atoms with Gasteiger partial charge in [0.15, 0.2) is 0 Å². The van der Waals surface area contributed by atoms with Crippen LogP contribution in [0.1, 0.15) is 61.3 Å². The highest BCUT2D eigenvalue weighted by Gasteiger charge is 2.30. The number of hydrogen-bond acceptors (Lipinski definition) is 5. The van der Waals surface area contributed by atoms with Crippen LogP contribution in [-0.4, -0.2) is 72.7 Å². The molecule has 166 valence electrons. The van der Waals surface area contributed by atoms with Crippen LogP contribution in [0, 0.1) is 23.7 Å². The predicted octanol–water partition coefficient (Wildman–Crippen LogP) is 2.95. The summed E-state index contributed by atoms with van der Waals surface area (Å²) in [7, 11) is 3.90. The summed E-state index contributed by atoms with van der Waals surface area (Å²) in [6.07, 6.45) is 1.56. The topological polar surface area (TPSA) is 59.1 Å². The van der Waals surface area contributed by atoms with Crippen molar-refractivity contribution in [3.05, 3.63) is 0 Å². The van der Waals surface area contributed by atoms with Gasteiger partial charge in [-0.1, -0.05) is 19.8 Å². The molecule has 1 fully saturated rings. The Labute approximate surface area is 177 Å². The minimum atomic E-state index is -0.502. The van der Waals surface area contributed by atoms with E-state index in [0.717, 1.165) is 12.8 Å². The Morgan fingerprint density at radius 1 is 1.10 bits per heavy atom. The minimum absolute atomic E-state index is 0.0499. The number of nitrogens with zero attached hydrogens (tertiary/aromatic N) is 2. The minimum Gasteiger partial charge on any atom is -0.460 e. The van der Waals surface area contributed by atoms with Crippen molar-refractivity contribution in [2.45, 2.75) is 78.6 Å². The van der Waals surface area contributed by atoms with Gasteiger partial charge in [-0.2, -0.15) is 0 Å². The van der Waals surface area contributed by atoms with Crippen LogP contribution < -0.4 is 0 Å². The van der Waals surface area contributed by atoms with Crippen LogP contribution in [0.15, 0.2) is 0 Å². The molecular weight excluding hydrogens is 368 g/mol. The normalized spacial score (nSPS) is 17.1. The first-order valence-corrected chi connectivity index (χ1v) is 10.6. The van der Waals surface area contributed by atoms with Gasteiger partial charge in [0.1, 0.15) is 5.60 Å². The van der Waals surface area contributed by atoms with Gasteiger partial charge in [0.2, 0.25) is 0 Å². The van der Waals surface area contributed by atoms with Crippen molar-refractivity contribution in [3.63, 3.8) is 0 Å². The Morgan fingerprint density at radius 3 is 2.10 bits per heavy atom. The Kier molecular flexibility index (Phi) is 9.17. The maximum absolute atomic E-state index is 12.4. The summed E-state index contributed by atoms with van der Waals surface area (Å²) in [6, 6.07) is 0. The molecule has 1 aliphatic heterocycles. The lowest BCUT2D eigenvalue weighted by atomic mass is 9.96. The second-order valence-electron chi connectivity index (χ2n) is 9.91. The van der Waals surface area contributed by atoms with Crippen LogP contribution in [-0.2, 0) is 19.1 Å². The summed E-state index contributed by atoms with van der Waals surface area (Å²) in [6.45, 7) is 15.2. The van der Waals surface area contributed by atoms with Crippen molar-refractivity contribution in [2.24, 2.45) is 11.8 Å². The molecule has 0 saturated carbocycles. The second kappa shape index (κ2) is 10.4. The van der Waals surface area contributed by atoms with E-state index in [0.29, 0.717) is 19.7 Å². The Hall–Kier alpha value is -1.58. The molecule has 1 aliphatic rings. The third kappa shape index (κ3) is 8.76. The van der Waals surface area contributed by atoms with E-state index in [4.69, 9.17) is 9.47 Å². The fourth-order valence-corrected chi connectivity index (χ4v) is 2.77. The molecule has 0 aromatic rings. The van der Waals surface area contributed by atoms with Crippen molar-refractivity contribution >= 4 is 11.9 Å². The SMILES string of the molecule is CC(C)C(COC1CCN(C(=O)C#CC(C)(C)N(C)C)CC1)C(=O)OC(C)(C)C. The van der Waals surface area contributed by atoms with E-state index in [-0.39, 0.29) is 35.4 Å². The molecule has 1 heterocycles. The zero-order chi connectivity index (χ0) is 22.4. The lowest BCUT2D eigenvalue weighted by molar-refractivity contribution is -0.165. The number of amides is 1. The highest BCUT2D eigenvalue weighted by Crippen LogP contribution is 2.21. The highest BCUT2D eigenvalue weighted by atomic mass is 16.6. The largest absolute Gasteiger partial charge is 0.460 e. The molecule has 1 unspecified atom stereocenters. The van der Waals surface area contributed by atoms with E-state index in [2.05, 4.69) is 11.8 Å². The molecule has 6 heteroatoms. The van der Waals surface area contributed by atoms with Gasteiger partial charge in [-0.3, -0.25) is 14.5 Å². The van der Waals surface area contributed by atoms with Crippen molar-refractivity contribution in [1.29, 1.82) is 0 Å². The molecule has 0 aliphatic carbocycles. The predicted molar refractivity (Wildman–Crippen MR) is 115 cm³/mol. The Morgan fingerprint density at radius 2 is 1.66 bits per heavy atom. The van der Waals surface area contributed by atoms with Gasteiger partial charge < -0.3 is 14.4 Å². The summed E-state index contributed by atoms with van der Waals surface area (Å²) in [5.74, 6) is 5.35. The number of carbonyl (C=O) groups excluding carboxylic acids is 2. The number of piperidine rings is 1. The van der Waals surface area contributed by atoms with Gasteiger partial charge in [0.05, 0.1) is 24.2 Å². The van der Waals surface area contributed by atoms with Crippen LogP contribution in [0.25, 0.3) is 0 Å². The highest BCUT2D eigenvalue weighted by molar-refractivity contribution is 5.93. The number of ether oxygens (including phenoxy) is 2. The zero-order valence-corrected chi connectivity index (χ0v) is 19.8. The lowest BCUT2D eigenvalue weighted by Crippen LogP contribution is -2.42. The Balaban J connectivity index is 2.53. The van der Waals surface area contributed by atoms with Crippen LogP contribution in [0.4, 0.5) is 0 Å². The average Bonchev–Trinajstić information content (AvgIpc) is 2.58. The number of rotatable bonds is 6. The molecule has 1 rings (SSSR count). The van der Waals surface area contributed by atoms with Crippen LogP contribution in [0.5, 0.6) is 0 Å². The number of hydrogen-bond donors (Lipinski definition) is 0. The first-order chi connectivity index (χ1) is 13.2. The first-order valence-electron chi connectivity index (χ1n) is 10.6. The van der Waals surface area contributed by atoms with E-state index in [1.807, 2.05) is 67.5 Å². The molecule has 1 amide bonds. The van der Waals surface area contributed by atoms with Crippen molar-refractivity contribution < 1.29 is 19.1 Å². The fraction of sp³-hybridized carbons (Fsp3) is 0.826. The fourth-order valence-electron chi connectivity index (χ4n) is 2.77. The van der Waals surface area contributed by atoms with Gasteiger partial charge in [-0.05, 0) is 73.4 Å². The molecule has 6 nitrogen and oxygen atoms in total. The van der Waals surface area contributed by atoms with Gasteiger partial charge in [-0.25, -0.2) is 0 Å². The van der Waals surface area contributed by atoms with Crippen molar-refractivity contribution in [1.82, 2.24) is 9.80 Å². The quantitative estimate of drug-likeness (QED) is 0.500. The Bertz CT molecular complexity index is 615. The lowest BCUT2D eigenvalue weighted by Gasteiger charge is -2.32. The zero-order valence-electron chi connectivity index (χ0n) is 19.8. The third-order valence-corrected chi connectivity index (χ3v) is 5.35. The molecule has 0 bridgehead atoms. The van der Waals surface area contributed by atoms with E-state index in [1.165, 1.54) is 0 Å².